The van der Waals surface area contributed by atoms with Crippen LogP contribution in [0.4, 0.5) is 0 Å². The molecule has 0 spiro atoms. The molecular weight excluding hydrogens is 332 g/mol. The number of nitrogens with zero attached hydrogens (tertiary/aromatic N) is 1. The molecular formula is C17H19ClN2O2S. The maximum Gasteiger partial charge on any atom is 0.225 e. The predicted molar refractivity (Wildman–Crippen MR) is 93.4 cm³/mol. The molecule has 2 aromatic rings. The van der Waals surface area contributed by atoms with Gasteiger partial charge in [-0.25, -0.2) is 0 Å². The highest BCUT2D eigenvalue weighted by atomic mass is 35.5. The third-order valence-electron chi connectivity index (χ3n) is 3.38. The Morgan fingerprint density at radius 2 is 2.09 bits per heavy atom. The maximum atomic E-state index is 12.5. The van der Waals surface area contributed by atoms with E-state index in [1.54, 1.807) is 18.0 Å². The van der Waals surface area contributed by atoms with Gasteiger partial charge in [0.15, 0.2) is 0 Å². The van der Waals surface area contributed by atoms with E-state index in [9.17, 15) is 9.59 Å². The van der Waals surface area contributed by atoms with Crippen molar-refractivity contribution in [1.29, 1.82) is 0 Å². The molecule has 6 heteroatoms. The molecule has 0 aliphatic heterocycles. The van der Waals surface area contributed by atoms with Crippen LogP contribution in [0.1, 0.15) is 29.8 Å². The van der Waals surface area contributed by atoms with Crippen molar-refractivity contribution < 1.29 is 9.59 Å². The predicted octanol–water partition coefficient (Wildman–Crippen LogP) is 3.63. The molecule has 0 saturated heterocycles. The van der Waals surface area contributed by atoms with Crippen LogP contribution in [0, 0.1) is 0 Å². The third kappa shape index (κ3) is 5.37. The topological polar surface area (TPSA) is 49.4 Å². The first kappa shape index (κ1) is 17.5. The van der Waals surface area contributed by atoms with Crippen LogP contribution in [0.25, 0.3) is 0 Å². The third-order valence-corrected chi connectivity index (χ3v) is 4.60. The Kier molecular flexibility index (Phi) is 6.19. The van der Waals surface area contributed by atoms with Gasteiger partial charge in [0.25, 0.3) is 0 Å². The van der Waals surface area contributed by atoms with E-state index in [-0.39, 0.29) is 24.3 Å². The van der Waals surface area contributed by atoms with Crippen LogP contribution in [-0.4, -0.2) is 23.8 Å². The van der Waals surface area contributed by atoms with Crippen molar-refractivity contribution in [2.24, 2.45) is 0 Å². The van der Waals surface area contributed by atoms with E-state index in [4.69, 9.17) is 11.6 Å². The summed E-state index contributed by atoms with van der Waals surface area (Å²) in [5.41, 5.74) is 0.973. The van der Waals surface area contributed by atoms with Gasteiger partial charge in [-0.3, -0.25) is 9.59 Å². The molecule has 1 unspecified atom stereocenters. The lowest BCUT2D eigenvalue weighted by Crippen LogP contribution is -2.33. The summed E-state index contributed by atoms with van der Waals surface area (Å²) < 4.78 is 0. The average Bonchev–Trinajstić information content (AvgIpc) is 3.00. The SMILES string of the molecule is CC(=O)NC(CC(=O)N(C)Cc1cccc(Cl)c1)c1cccs1. The van der Waals surface area contributed by atoms with Gasteiger partial charge in [0.1, 0.15) is 0 Å². The first-order chi connectivity index (χ1) is 11.0. The molecule has 2 amide bonds. The van der Waals surface area contributed by atoms with Gasteiger partial charge in [-0.2, -0.15) is 0 Å². The molecule has 0 aliphatic rings. The van der Waals surface area contributed by atoms with Crippen LogP contribution in [0.15, 0.2) is 41.8 Å². The Hall–Kier alpha value is -1.85. The zero-order valence-electron chi connectivity index (χ0n) is 13.1. The summed E-state index contributed by atoms with van der Waals surface area (Å²) >= 11 is 7.50. The molecule has 0 bridgehead atoms. The molecule has 0 fully saturated rings. The first-order valence-electron chi connectivity index (χ1n) is 7.24. The fourth-order valence-corrected chi connectivity index (χ4v) is 3.28. The lowest BCUT2D eigenvalue weighted by molar-refractivity contribution is -0.131. The summed E-state index contributed by atoms with van der Waals surface area (Å²) in [6.45, 7) is 1.94. The summed E-state index contributed by atoms with van der Waals surface area (Å²) in [5, 5.41) is 5.43. The van der Waals surface area contributed by atoms with Crippen LogP contribution >= 0.6 is 22.9 Å². The Balaban J connectivity index is 2.01. The number of nitrogens with one attached hydrogen (secondary N) is 1. The zero-order chi connectivity index (χ0) is 16.8. The lowest BCUT2D eigenvalue weighted by Gasteiger charge is -2.22. The highest BCUT2D eigenvalue weighted by molar-refractivity contribution is 7.10. The number of halogens is 1. The molecule has 0 radical (unpaired) electrons. The molecule has 1 heterocycles. The van der Waals surface area contributed by atoms with Crippen molar-refractivity contribution in [2.75, 3.05) is 7.05 Å². The van der Waals surface area contributed by atoms with Crippen LogP contribution in [-0.2, 0) is 16.1 Å². The molecule has 122 valence electrons. The number of benzene rings is 1. The lowest BCUT2D eigenvalue weighted by atomic mass is 10.1. The van der Waals surface area contributed by atoms with E-state index in [1.807, 2.05) is 35.7 Å². The number of amides is 2. The van der Waals surface area contributed by atoms with Crippen molar-refractivity contribution >= 4 is 34.8 Å². The summed E-state index contributed by atoms with van der Waals surface area (Å²) in [5.74, 6) is -0.175. The zero-order valence-corrected chi connectivity index (χ0v) is 14.7. The number of hydrogen-bond donors (Lipinski definition) is 1. The summed E-state index contributed by atoms with van der Waals surface area (Å²) in [4.78, 5) is 26.5. The van der Waals surface area contributed by atoms with Gasteiger partial charge < -0.3 is 10.2 Å². The molecule has 1 aromatic heterocycles. The Bertz CT molecular complexity index is 673. The average molecular weight is 351 g/mol. The van der Waals surface area contributed by atoms with Gasteiger partial charge in [-0.15, -0.1) is 11.3 Å². The first-order valence-corrected chi connectivity index (χ1v) is 8.50. The summed E-state index contributed by atoms with van der Waals surface area (Å²) in [6, 6.07) is 11.0. The van der Waals surface area contributed by atoms with Crippen LogP contribution in [0.2, 0.25) is 5.02 Å². The smallest absolute Gasteiger partial charge is 0.225 e. The van der Waals surface area contributed by atoms with Crippen LogP contribution < -0.4 is 5.32 Å². The minimum Gasteiger partial charge on any atom is -0.348 e. The van der Waals surface area contributed by atoms with Crippen LogP contribution in [0.3, 0.4) is 0 Å². The maximum absolute atomic E-state index is 12.5. The van der Waals surface area contributed by atoms with Crippen molar-refractivity contribution in [1.82, 2.24) is 10.2 Å². The summed E-state index contributed by atoms with van der Waals surface area (Å²) in [7, 11) is 1.75. The normalized spacial score (nSPS) is 11.8. The molecule has 1 atom stereocenters. The van der Waals surface area contributed by atoms with Gasteiger partial charge in [0.05, 0.1) is 12.5 Å². The monoisotopic (exact) mass is 350 g/mol. The Morgan fingerprint density at radius 3 is 2.70 bits per heavy atom. The summed E-state index contributed by atoms with van der Waals surface area (Å²) in [6.07, 6.45) is 0.233. The highest BCUT2D eigenvalue weighted by Crippen LogP contribution is 2.23. The second kappa shape index (κ2) is 8.13. The van der Waals surface area contributed by atoms with Gasteiger partial charge in [-0.05, 0) is 29.1 Å². The van der Waals surface area contributed by atoms with E-state index in [1.165, 1.54) is 18.3 Å². The van der Waals surface area contributed by atoms with E-state index < -0.39 is 0 Å². The largest absolute Gasteiger partial charge is 0.348 e. The highest BCUT2D eigenvalue weighted by Gasteiger charge is 2.20. The number of carbonyl (C=O) groups excluding carboxylic acids is 2. The molecule has 1 aromatic carbocycles. The fourth-order valence-electron chi connectivity index (χ4n) is 2.29. The van der Waals surface area contributed by atoms with Crippen molar-refractivity contribution in [2.45, 2.75) is 25.9 Å². The molecule has 2 rings (SSSR count). The minimum absolute atomic E-state index is 0.0304. The van der Waals surface area contributed by atoms with E-state index >= 15 is 0 Å². The van der Waals surface area contributed by atoms with E-state index in [0.29, 0.717) is 11.6 Å². The van der Waals surface area contributed by atoms with E-state index in [2.05, 4.69) is 5.32 Å². The van der Waals surface area contributed by atoms with Crippen molar-refractivity contribution in [3.05, 3.63) is 57.2 Å². The molecule has 23 heavy (non-hydrogen) atoms. The van der Waals surface area contributed by atoms with Crippen molar-refractivity contribution in [3.63, 3.8) is 0 Å². The van der Waals surface area contributed by atoms with Gasteiger partial charge in [0.2, 0.25) is 11.8 Å². The molecule has 0 saturated carbocycles. The Labute approximate surface area is 145 Å². The number of carbonyl (C=O) groups is 2. The van der Waals surface area contributed by atoms with Gasteiger partial charge in [0, 0.05) is 30.4 Å². The van der Waals surface area contributed by atoms with Gasteiger partial charge in [-0.1, -0.05) is 29.8 Å². The molecule has 4 nitrogen and oxygen atoms in total. The Morgan fingerprint density at radius 1 is 1.30 bits per heavy atom. The second-order valence-electron chi connectivity index (χ2n) is 5.35. The number of rotatable bonds is 6. The molecule has 1 N–H and O–H groups in total. The second-order valence-corrected chi connectivity index (χ2v) is 6.77. The quantitative estimate of drug-likeness (QED) is 0.864. The standard InChI is InChI=1S/C17H19ClN2O2S/c1-12(21)19-15(16-7-4-8-23-16)10-17(22)20(2)11-13-5-3-6-14(18)9-13/h3-9,15H,10-11H2,1-2H3,(H,19,21). The van der Waals surface area contributed by atoms with E-state index in [0.717, 1.165) is 10.4 Å². The van der Waals surface area contributed by atoms with Crippen LogP contribution in [0.5, 0.6) is 0 Å². The fraction of sp³-hybridized carbons (Fsp3) is 0.294. The van der Waals surface area contributed by atoms with Gasteiger partial charge >= 0.3 is 0 Å². The molecule has 0 aliphatic carbocycles. The van der Waals surface area contributed by atoms with Crippen molar-refractivity contribution in [3.8, 4) is 0 Å². The number of hydrogen-bond acceptors (Lipinski definition) is 3. The number of thiophene rings is 1. The minimum atomic E-state index is -0.290.